The van der Waals surface area contributed by atoms with Gasteiger partial charge >= 0.3 is 0 Å². The van der Waals surface area contributed by atoms with E-state index in [1.54, 1.807) is 12.1 Å². The molecule has 1 aliphatic heterocycles. The van der Waals surface area contributed by atoms with Crippen LogP contribution in [0.25, 0.3) is 11.1 Å². The molecule has 0 bridgehead atoms. The quantitative estimate of drug-likeness (QED) is 0.946. The molecule has 1 heterocycles. The predicted molar refractivity (Wildman–Crippen MR) is 85.9 cm³/mol. The summed E-state index contributed by atoms with van der Waals surface area (Å²) in [4.78, 5) is 0.279. The Morgan fingerprint density at radius 2 is 1.59 bits per heavy atom. The van der Waals surface area contributed by atoms with Crippen LogP contribution in [0.2, 0.25) is 0 Å². The van der Waals surface area contributed by atoms with Crippen LogP contribution < -0.4 is 0 Å². The molecule has 3 rings (SSSR count). The summed E-state index contributed by atoms with van der Waals surface area (Å²) in [5.74, 6) is 0. The number of piperidine rings is 1. The van der Waals surface area contributed by atoms with E-state index >= 15 is 0 Å². The summed E-state index contributed by atoms with van der Waals surface area (Å²) < 4.78 is 26.6. The summed E-state index contributed by atoms with van der Waals surface area (Å²) in [5.41, 5.74) is 2.04. The van der Waals surface area contributed by atoms with Crippen molar-refractivity contribution in [2.75, 3.05) is 13.1 Å². The lowest BCUT2D eigenvalue weighted by Crippen LogP contribution is -2.42. The fraction of sp³-hybridized carbons (Fsp3) is 0.294. The van der Waals surface area contributed by atoms with Crippen molar-refractivity contribution >= 4 is 10.0 Å². The Morgan fingerprint density at radius 1 is 0.955 bits per heavy atom. The highest BCUT2D eigenvalue weighted by atomic mass is 32.2. The first kappa shape index (κ1) is 15.2. The molecule has 2 aromatic carbocycles. The van der Waals surface area contributed by atoms with E-state index in [1.165, 1.54) is 4.31 Å². The van der Waals surface area contributed by atoms with Crippen LogP contribution in [0, 0.1) is 0 Å². The number of rotatable bonds is 3. The van der Waals surface area contributed by atoms with Gasteiger partial charge in [-0.25, -0.2) is 8.42 Å². The first-order valence-corrected chi connectivity index (χ1v) is 8.85. The average Bonchev–Trinajstić information content (AvgIpc) is 2.56. The van der Waals surface area contributed by atoms with E-state index < -0.39 is 16.1 Å². The van der Waals surface area contributed by atoms with Crippen molar-refractivity contribution in [2.45, 2.75) is 23.8 Å². The maximum Gasteiger partial charge on any atom is 0.243 e. The number of nitrogens with zero attached hydrogens (tertiary/aromatic N) is 1. The second-order valence-corrected chi connectivity index (χ2v) is 7.49. The van der Waals surface area contributed by atoms with E-state index in [-0.39, 0.29) is 11.4 Å². The van der Waals surface area contributed by atoms with E-state index in [2.05, 4.69) is 0 Å². The molecule has 116 valence electrons. The van der Waals surface area contributed by atoms with Gasteiger partial charge in [0, 0.05) is 13.1 Å². The van der Waals surface area contributed by atoms with Crippen molar-refractivity contribution in [2.24, 2.45) is 0 Å². The Balaban J connectivity index is 1.86. The van der Waals surface area contributed by atoms with Crippen LogP contribution in [0.15, 0.2) is 59.5 Å². The molecule has 2 aromatic rings. The van der Waals surface area contributed by atoms with Crippen LogP contribution in [0.4, 0.5) is 0 Å². The zero-order valence-electron chi connectivity index (χ0n) is 12.2. The third-order valence-corrected chi connectivity index (χ3v) is 5.84. The van der Waals surface area contributed by atoms with Crippen LogP contribution >= 0.6 is 0 Å². The zero-order valence-corrected chi connectivity index (χ0v) is 13.0. The fourth-order valence-electron chi connectivity index (χ4n) is 2.74. The molecule has 22 heavy (non-hydrogen) atoms. The zero-order chi connectivity index (χ0) is 15.6. The van der Waals surface area contributed by atoms with Crippen LogP contribution in [0.1, 0.15) is 12.8 Å². The van der Waals surface area contributed by atoms with Crippen LogP contribution in [0.5, 0.6) is 0 Å². The van der Waals surface area contributed by atoms with Gasteiger partial charge in [0.25, 0.3) is 0 Å². The van der Waals surface area contributed by atoms with Gasteiger partial charge in [-0.15, -0.1) is 0 Å². The molecule has 1 fully saturated rings. The molecular formula is C17H19NO3S. The largest absolute Gasteiger partial charge is 0.392 e. The standard InChI is InChI=1S/C17H19NO3S/c19-16-7-4-12-18(13-16)22(20,21)17-10-8-15(9-11-17)14-5-2-1-3-6-14/h1-3,5-6,8-11,16,19H,4,7,12-13H2/t16-/m0/s1. The Labute approximate surface area is 131 Å². The second-order valence-electron chi connectivity index (χ2n) is 5.55. The Kier molecular flexibility index (Phi) is 4.29. The van der Waals surface area contributed by atoms with Gasteiger partial charge in [-0.3, -0.25) is 0 Å². The van der Waals surface area contributed by atoms with Gasteiger partial charge in [0.05, 0.1) is 11.0 Å². The van der Waals surface area contributed by atoms with Gasteiger partial charge in [0.15, 0.2) is 0 Å². The van der Waals surface area contributed by atoms with E-state index in [0.717, 1.165) is 11.1 Å². The number of hydrogen-bond acceptors (Lipinski definition) is 3. The number of aliphatic hydroxyl groups is 1. The minimum atomic E-state index is -3.52. The third-order valence-electron chi connectivity index (χ3n) is 3.96. The van der Waals surface area contributed by atoms with Gasteiger partial charge in [-0.1, -0.05) is 42.5 Å². The van der Waals surface area contributed by atoms with Crippen molar-refractivity contribution < 1.29 is 13.5 Å². The monoisotopic (exact) mass is 317 g/mol. The van der Waals surface area contributed by atoms with Crippen LogP contribution in [-0.2, 0) is 10.0 Å². The van der Waals surface area contributed by atoms with Gasteiger partial charge in [0.2, 0.25) is 10.0 Å². The molecule has 4 nitrogen and oxygen atoms in total. The molecule has 1 aliphatic rings. The molecule has 5 heteroatoms. The normalized spacial score (nSPS) is 20.0. The molecule has 1 atom stereocenters. The molecule has 1 saturated heterocycles. The fourth-order valence-corrected chi connectivity index (χ4v) is 4.25. The summed E-state index contributed by atoms with van der Waals surface area (Å²) in [7, 11) is -3.52. The highest BCUT2D eigenvalue weighted by molar-refractivity contribution is 7.89. The van der Waals surface area contributed by atoms with Crippen LogP contribution in [0.3, 0.4) is 0 Å². The minimum absolute atomic E-state index is 0.183. The molecular weight excluding hydrogens is 298 g/mol. The average molecular weight is 317 g/mol. The highest BCUT2D eigenvalue weighted by Crippen LogP contribution is 2.24. The summed E-state index contributed by atoms with van der Waals surface area (Å²) in [6.45, 7) is 0.655. The molecule has 0 saturated carbocycles. The number of hydrogen-bond donors (Lipinski definition) is 1. The smallest absolute Gasteiger partial charge is 0.243 e. The minimum Gasteiger partial charge on any atom is -0.392 e. The predicted octanol–water partition coefficient (Wildman–Crippen LogP) is 2.50. The Bertz CT molecular complexity index is 726. The van der Waals surface area contributed by atoms with Gasteiger partial charge in [-0.2, -0.15) is 4.31 Å². The van der Waals surface area contributed by atoms with E-state index in [9.17, 15) is 13.5 Å². The lowest BCUT2D eigenvalue weighted by atomic mass is 10.1. The lowest BCUT2D eigenvalue weighted by Gasteiger charge is -2.29. The summed E-state index contributed by atoms with van der Waals surface area (Å²) in [5, 5.41) is 9.68. The van der Waals surface area contributed by atoms with Gasteiger partial charge < -0.3 is 5.11 Å². The summed E-state index contributed by atoms with van der Waals surface area (Å²) in [6.07, 6.45) is 0.800. The number of sulfonamides is 1. The van der Waals surface area contributed by atoms with E-state index in [0.29, 0.717) is 19.4 Å². The number of aliphatic hydroxyl groups excluding tert-OH is 1. The number of benzene rings is 2. The Hall–Kier alpha value is -1.69. The van der Waals surface area contributed by atoms with Crippen molar-refractivity contribution in [3.63, 3.8) is 0 Å². The first-order valence-electron chi connectivity index (χ1n) is 7.41. The molecule has 0 aliphatic carbocycles. The topological polar surface area (TPSA) is 57.6 Å². The van der Waals surface area contributed by atoms with Gasteiger partial charge in [-0.05, 0) is 36.1 Å². The maximum absolute atomic E-state index is 12.6. The first-order chi connectivity index (χ1) is 10.6. The van der Waals surface area contributed by atoms with Crippen LogP contribution in [-0.4, -0.2) is 37.0 Å². The third kappa shape index (κ3) is 3.06. The van der Waals surface area contributed by atoms with E-state index in [4.69, 9.17) is 0 Å². The molecule has 0 unspecified atom stereocenters. The second kappa shape index (κ2) is 6.20. The number of β-amino-alcohol motifs (C(OH)–C–C–N with tert-alkyl or cyclic N) is 1. The van der Waals surface area contributed by atoms with E-state index in [1.807, 2.05) is 42.5 Å². The van der Waals surface area contributed by atoms with Gasteiger partial charge in [0.1, 0.15) is 0 Å². The summed E-state index contributed by atoms with van der Waals surface area (Å²) >= 11 is 0. The molecule has 0 radical (unpaired) electrons. The molecule has 1 N–H and O–H groups in total. The summed E-state index contributed by atoms with van der Waals surface area (Å²) in [6, 6.07) is 16.8. The van der Waals surface area contributed by atoms with Crippen molar-refractivity contribution in [3.8, 4) is 11.1 Å². The van der Waals surface area contributed by atoms with Crippen molar-refractivity contribution in [1.82, 2.24) is 4.31 Å². The maximum atomic E-state index is 12.6. The molecule has 0 aromatic heterocycles. The molecule has 0 amide bonds. The Morgan fingerprint density at radius 3 is 2.23 bits per heavy atom. The molecule has 0 spiro atoms. The lowest BCUT2D eigenvalue weighted by molar-refractivity contribution is 0.108. The SMILES string of the molecule is O=S(=O)(c1ccc(-c2ccccc2)cc1)N1CCC[C@H](O)C1. The van der Waals surface area contributed by atoms with Crippen molar-refractivity contribution in [3.05, 3.63) is 54.6 Å². The van der Waals surface area contributed by atoms with Crippen molar-refractivity contribution in [1.29, 1.82) is 0 Å². The highest BCUT2D eigenvalue weighted by Gasteiger charge is 2.29.